The number of aliphatic hydroxyl groups is 1. The standard InChI is InChI=1S/C17H15F5O2S/c1-24-8-9(7-23)17(15-13(20)2-3-14(21)16(15)22)25-12-5-10(18)4-11(19)6-12/h2-6,9,17,23H,7-8H2,1H3. The molecule has 0 amide bonds. The highest BCUT2D eigenvalue weighted by atomic mass is 32.2. The molecule has 2 rings (SSSR count). The summed E-state index contributed by atoms with van der Waals surface area (Å²) in [5, 5.41) is 8.38. The van der Waals surface area contributed by atoms with Gasteiger partial charge in [-0.25, -0.2) is 22.0 Å². The predicted molar refractivity (Wildman–Crippen MR) is 83.7 cm³/mol. The number of halogens is 5. The quantitative estimate of drug-likeness (QED) is 0.438. The van der Waals surface area contributed by atoms with Crippen molar-refractivity contribution in [1.82, 2.24) is 0 Å². The van der Waals surface area contributed by atoms with Crippen LogP contribution in [-0.2, 0) is 4.74 Å². The highest BCUT2D eigenvalue weighted by molar-refractivity contribution is 7.99. The predicted octanol–water partition coefficient (Wildman–Crippen LogP) is 4.47. The van der Waals surface area contributed by atoms with Gasteiger partial charge in [-0.3, -0.25) is 0 Å². The Balaban J connectivity index is 2.52. The van der Waals surface area contributed by atoms with E-state index < -0.39 is 52.4 Å². The molecule has 2 aromatic carbocycles. The number of hydrogen-bond acceptors (Lipinski definition) is 3. The molecule has 0 bridgehead atoms. The van der Waals surface area contributed by atoms with Crippen LogP contribution in [0, 0.1) is 35.0 Å². The maximum Gasteiger partial charge on any atom is 0.166 e. The third-order valence-electron chi connectivity index (χ3n) is 3.51. The first-order valence-electron chi connectivity index (χ1n) is 7.23. The largest absolute Gasteiger partial charge is 0.396 e. The normalized spacial score (nSPS) is 13.7. The fourth-order valence-electron chi connectivity index (χ4n) is 2.39. The van der Waals surface area contributed by atoms with Crippen LogP contribution in [-0.4, -0.2) is 25.4 Å². The lowest BCUT2D eigenvalue weighted by atomic mass is 9.99. The average molecular weight is 378 g/mol. The Hall–Kier alpha value is -1.64. The molecule has 0 heterocycles. The first kappa shape index (κ1) is 19.7. The van der Waals surface area contributed by atoms with Gasteiger partial charge in [0.2, 0.25) is 0 Å². The molecule has 0 aliphatic heterocycles. The second-order valence-corrected chi connectivity index (χ2v) is 6.51. The molecule has 2 unspecified atom stereocenters. The van der Waals surface area contributed by atoms with E-state index in [2.05, 4.69) is 0 Å². The molecule has 2 nitrogen and oxygen atoms in total. The van der Waals surface area contributed by atoms with Crippen molar-refractivity contribution in [3.63, 3.8) is 0 Å². The second-order valence-electron chi connectivity index (χ2n) is 5.30. The molecule has 0 saturated carbocycles. The molecule has 2 atom stereocenters. The van der Waals surface area contributed by atoms with Gasteiger partial charge in [-0.2, -0.15) is 0 Å². The van der Waals surface area contributed by atoms with Gasteiger partial charge < -0.3 is 9.84 Å². The van der Waals surface area contributed by atoms with E-state index in [4.69, 9.17) is 4.74 Å². The van der Waals surface area contributed by atoms with Crippen LogP contribution >= 0.6 is 11.8 Å². The molecule has 0 aromatic heterocycles. The summed E-state index contributed by atoms with van der Waals surface area (Å²) < 4.78 is 73.7. The summed E-state index contributed by atoms with van der Waals surface area (Å²) in [4.78, 5) is 0.0418. The summed E-state index contributed by atoms with van der Waals surface area (Å²) in [6.45, 7) is -0.625. The maximum absolute atomic E-state index is 14.2. The van der Waals surface area contributed by atoms with E-state index in [9.17, 15) is 27.1 Å². The fourth-order valence-corrected chi connectivity index (χ4v) is 3.73. The molecular weight excluding hydrogens is 363 g/mol. The SMILES string of the molecule is COCC(CO)C(Sc1cc(F)cc(F)c1)c1c(F)ccc(F)c1F. The fraction of sp³-hybridized carbons (Fsp3) is 0.294. The molecule has 0 aliphatic carbocycles. The number of hydrogen-bond donors (Lipinski definition) is 1. The van der Waals surface area contributed by atoms with Crippen molar-refractivity contribution in [2.45, 2.75) is 10.1 Å². The van der Waals surface area contributed by atoms with Crippen molar-refractivity contribution in [2.24, 2.45) is 5.92 Å². The van der Waals surface area contributed by atoms with Crippen molar-refractivity contribution in [3.8, 4) is 0 Å². The Kier molecular flexibility index (Phi) is 6.80. The molecule has 2 aromatic rings. The van der Waals surface area contributed by atoms with Gasteiger partial charge in [0.25, 0.3) is 0 Å². The van der Waals surface area contributed by atoms with Gasteiger partial charge in [-0.1, -0.05) is 0 Å². The number of aliphatic hydroxyl groups excluding tert-OH is 1. The number of thioether (sulfide) groups is 1. The molecule has 0 spiro atoms. The summed E-state index contributed by atoms with van der Waals surface area (Å²) >= 11 is 0.713. The summed E-state index contributed by atoms with van der Waals surface area (Å²) in [6, 6.07) is 4.02. The Labute approximate surface area is 145 Å². The highest BCUT2D eigenvalue weighted by Gasteiger charge is 2.31. The van der Waals surface area contributed by atoms with Gasteiger partial charge in [0.1, 0.15) is 17.5 Å². The molecule has 25 heavy (non-hydrogen) atoms. The number of benzene rings is 2. The van der Waals surface area contributed by atoms with E-state index in [1.165, 1.54) is 7.11 Å². The van der Waals surface area contributed by atoms with Crippen LogP contribution in [0.4, 0.5) is 22.0 Å². The van der Waals surface area contributed by atoms with Crippen LogP contribution in [0.5, 0.6) is 0 Å². The first-order chi connectivity index (χ1) is 11.9. The molecule has 0 fully saturated rings. The minimum absolute atomic E-state index is 0.0418. The topological polar surface area (TPSA) is 29.5 Å². The minimum atomic E-state index is -1.41. The van der Waals surface area contributed by atoms with Gasteiger partial charge >= 0.3 is 0 Å². The summed E-state index contributed by atoms with van der Waals surface area (Å²) in [6.07, 6.45) is 0. The van der Waals surface area contributed by atoms with Crippen molar-refractivity contribution < 1.29 is 31.8 Å². The van der Waals surface area contributed by atoms with Gasteiger partial charge in [0.15, 0.2) is 11.6 Å². The lowest BCUT2D eigenvalue weighted by Gasteiger charge is -2.26. The molecular formula is C17H15F5O2S. The Bertz CT molecular complexity index is 721. The third-order valence-corrected chi connectivity index (χ3v) is 4.89. The number of ether oxygens (including phenoxy) is 1. The first-order valence-corrected chi connectivity index (χ1v) is 8.11. The van der Waals surface area contributed by atoms with Crippen LogP contribution < -0.4 is 0 Å². The smallest absolute Gasteiger partial charge is 0.166 e. The van der Waals surface area contributed by atoms with E-state index in [0.717, 1.165) is 18.2 Å². The van der Waals surface area contributed by atoms with E-state index >= 15 is 0 Å². The van der Waals surface area contributed by atoms with Crippen molar-refractivity contribution in [1.29, 1.82) is 0 Å². The number of methoxy groups -OCH3 is 1. The lowest BCUT2D eigenvalue weighted by molar-refractivity contribution is 0.107. The molecule has 0 aliphatic rings. The molecule has 1 N–H and O–H groups in total. The molecule has 136 valence electrons. The van der Waals surface area contributed by atoms with Gasteiger partial charge in [-0.15, -0.1) is 11.8 Å². The van der Waals surface area contributed by atoms with E-state index in [0.29, 0.717) is 23.9 Å². The van der Waals surface area contributed by atoms with Crippen molar-refractivity contribution in [3.05, 3.63) is 65.0 Å². The van der Waals surface area contributed by atoms with Gasteiger partial charge in [0, 0.05) is 41.4 Å². The maximum atomic E-state index is 14.2. The minimum Gasteiger partial charge on any atom is -0.396 e. The van der Waals surface area contributed by atoms with Crippen LogP contribution in [0.25, 0.3) is 0 Å². The number of rotatable bonds is 7. The van der Waals surface area contributed by atoms with Crippen molar-refractivity contribution >= 4 is 11.8 Å². The lowest BCUT2D eigenvalue weighted by Crippen LogP contribution is -2.22. The highest BCUT2D eigenvalue weighted by Crippen LogP contribution is 2.43. The zero-order valence-electron chi connectivity index (χ0n) is 13.1. The van der Waals surface area contributed by atoms with Crippen LogP contribution in [0.3, 0.4) is 0 Å². The molecule has 0 radical (unpaired) electrons. The van der Waals surface area contributed by atoms with Crippen LogP contribution in [0.15, 0.2) is 35.2 Å². The van der Waals surface area contributed by atoms with Gasteiger partial charge in [0.05, 0.1) is 6.61 Å². The molecule has 8 heteroatoms. The third kappa shape index (κ3) is 4.71. The Morgan fingerprint density at radius 3 is 2.16 bits per heavy atom. The van der Waals surface area contributed by atoms with E-state index in [1.54, 1.807) is 0 Å². The van der Waals surface area contributed by atoms with E-state index in [1.807, 2.05) is 0 Å². The summed E-state index contributed by atoms with van der Waals surface area (Å²) in [7, 11) is 1.32. The second kappa shape index (κ2) is 8.64. The summed E-state index contributed by atoms with van der Waals surface area (Å²) in [5.74, 6) is -6.28. The Morgan fingerprint density at radius 2 is 1.60 bits per heavy atom. The zero-order valence-corrected chi connectivity index (χ0v) is 13.9. The van der Waals surface area contributed by atoms with Crippen LogP contribution in [0.1, 0.15) is 10.8 Å². The van der Waals surface area contributed by atoms with Gasteiger partial charge in [-0.05, 0) is 24.3 Å². The average Bonchev–Trinajstić information content (AvgIpc) is 2.54. The zero-order chi connectivity index (χ0) is 18.6. The van der Waals surface area contributed by atoms with E-state index in [-0.39, 0.29) is 11.5 Å². The monoisotopic (exact) mass is 378 g/mol. The Morgan fingerprint density at radius 1 is 1.00 bits per heavy atom. The molecule has 0 saturated heterocycles. The van der Waals surface area contributed by atoms with Crippen LogP contribution in [0.2, 0.25) is 0 Å². The van der Waals surface area contributed by atoms with Crippen molar-refractivity contribution in [2.75, 3.05) is 20.3 Å². The summed E-state index contributed by atoms with van der Waals surface area (Å²) in [5.41, 5.74) is -0.620.